The summed E-state index contributed by atoms with van der Waals surface area (Å²) in [7, 11) is -4.47. The van der Waals surface area contributed by atoms with E-state index in [9.17, 15) is 8.42 Å². The first-order valence-corrected chi connectivity index (χ1v) is 4.35. The largest absolute Gasteiger partial charge is 0.508 e. The summed E-state index contributed by atoms with van der Waals surface area (Å²) in [5.41, 5.74) is 0. The van der Waals surface area contributed by atoms with Gasteiger partial charge in [0.25, 0.3) is 10.1 Å². The molecule has 1 aromatic rings. The van der Waals surface area contributed by atoms with E-state index in [0.29, 0.717) is 0 Å². The van der Waals surface area contributed by atoms with Crippen LogP contribution in [0.25, 0.3) is 0 Å². The average molecular weight is 213 g/mol. The molecule has 0 fully saturated rings. The van der Waals surface area contributed by atoms with Gasteiger partial charge in [-0.25, -0.2) is 0 Å². The number of aromatic hydroxyl groups is 2. The summed E-state index contributed by atoms with van der Waals surface area (Å²) in [6.45, 7) is 0. The molecule has 0 aliphatic rings. The normalized spacial score (nSPS) is 10.5. The fourth-order valence-electron chi connectivity index (χ4n) is 0.709. The van der Waals surface area contributed by atoms with Crippen LogP contribution in [-0.2, 0) is 10.1 Å². The number of benzene rings is 1. The van der Waals surface area contributed by atoms with Crippen molar-refractivity contribution in [2.45, 2.75) is 4.90 Å². The van der Waals surface area contributed by atoms with Crippen LogP contribution < -0.4 is 0 Å². The second-order valence-corrected chi connectivity index (χ2v) is 3.52. The van der Waals surface area contributed by atoms with Crippen LogP contribution in [-0.4, -0.2) is 52.7 Å². The van der Waals surface area contributed by atoms with Crippen LogP contribution in [0.1, 0.15) is 0 Å². The minimum absolute atomic E-state index is 0. The van der Waals surface area contributed by atoms with Gasteiger partial charge in [0, 0.05) is 35.6 Å². The van der Waals surface area contributed by atoms with Crippen LogP contribution >= 0.6 is 0 Å². The molecular formula is C6H6NaO5S. The van der Waals surface area contributed by atoms with Crippen molar-refractivity contribution in [3.05, 3.63) is 18.2 Å². The molecule has 1 radical (unpaired) electrons. The van der Waals surface area contributed by atoms with E-state index < -0.39 is 20.8 Å². The Balaban J connectivity index is 0.00000144. The molecule has 0 spiro atoms. The zero-order chi connectivity index (χ0) is 9.35. The summed E-state index contributed by atoms with van der Waals surface area (Å²) in [6, 6.07) is 2.83. The molecule has 0 saturated heterocycles. The van der Waals surface area contributed by atoms with Crippen molar-refractivity contribution in [1.29, 1.82) is 0 Å². The third kappa shape index (κ3) is 3.17. The van der Waals surface area contributed by atoms with Crippen LogP contribution in [0.2, 0.25) is 0 Å². The maximum Gasteiger partial charge on any atom is 0.298 e. The molecule has 7 heteroatoms. The third-order valence-electron chi connectivity index (χ3n) is 1.22. The summed E-state index contributed by atoms with van der Waals surface area (Å²) < 4.78 is 29.5. The predicted octanol–water partition coefficient (Wildman–Crippen LogP) is -0.0363. The number of rotatable bonds is 1. The van der Waals surface area contributed by atoms with E-state index in [1.54, 1.807) is 0 Å². The third-order valence-corrected chi connectivity index (χ3v) is 2.10. The average Bonchev–Trinajstić information content (AvgIpc) is 1.92. The van der Waals surface area contributed by atoms with Crippen molar-refractivity contribution in [3.63, 3.8) is 0 Å². The van der Waals surface area contributed by atoms with Crippen molar-refractivity contribution in [2.75, 3.05) is 0 Å². The molecular weight excluding hydrogens is 207 g/mol. The number of phenolic OH excluding ortho intramolecular Hbond substituents is 2. The van der Waals surface area contributed by atoms with Crippen molar-refractivity contribution in [1.82, 2.24) is 0 Å². The van der Waals surface area contributed by atoms with Gasteiger partial charge in [0.1, 0.15) is 16.4 Å². The fraction of sp³-hybridized carbons (Fsp3) is 0. The summed E-state index contributed by atoms with van der Waals surface area (Å²) in [5.74, 6) is -0.948. The first kappa shape index (κ1) is 12.7. The Morgan fingerprint density at radius 2 is 1.69 bits per heavy atom. The Morgan fingerprint density at radius 3 is 2.08 bits per heavy atom. The van der Waals surface area contributed by atoms with Crippen LogP contribution in [0, 0.1) is 0 Å². The van der Waals surface area contributed by atoms with E-state index in [1.807, 2.05) is 0 Å². The van der Waals surface area contributed by atoms with Crippen LogP contribution in [0.15, 0.2) is 23.1 Å². The topological polar surface area (TPSA) is 94.8 Å². The number of phenols is 2. The summed E-state index contributed by atoms with van der Waals surface area (Å²) in [5, 5.41) is 17.7. The molecule has 3 N–H and O–H groups in total. The quantitative estimate of drug-likeness (QED) is 0.346. The second-order valence-electron chi connectivity index (χ2n) is 2.13. The zero-order valence-corrected chi connectivity index (χ0v) is 9.61. The molecule has 5 nitrogen and oxygen atoms in total. The van der Waals surface area contributed by atoms with Gasteiger partial charge in [-0.05, 0) is 12.1 Å². The first-order valence-electron chi connectivity index (χ1n) is 2.91. The summed E-state index contributed by atoms with van der Waals surface area (Å²) >= 11 is 0. The Hall–Kier alpha value is -0.270. The molecule has 0 aliphatic heterocycles. The predicted molar refractivity (Wildman–Crippen MR) is 45.3 cm³/mol. The minimum Gasteiger partial charge on any atom is -0.508 e. The molecule has 67 valence electrons. The Kier molecular flexibility index (Phi) is 4.21. The molecule has 0 atom stereocenters. The number of hydrogen-bond acceptors (Lipinski definition) is 4. The van der Waals surface area contributed by atoms with Gasteiger partial charge >= 0.3 is 0 Å². The van der Waals surface area contributed by atoms with Crippen molar-refractivity contribution in [3.8, 4) is 11.5 Å². The monoisotopic (exact) mass is 213 g/mol. The van der Waals surface area contributed by atoms with Crippen molar-refractivity contribution in [2.24, 2.45) is 0 Å². The van der Waals surface area contributed by atoms with E-state index in [1.165, 1.54) is 0 Å². The smallest absolute Gasteiger partial charge is 0.298 e. The fourth-order valence-corrected chi connectivity index (χ4v) is 1.31. The molecule has 0 unspecified atom stereocenters. The second kappa shape index (κ2) is 4.30. The van der Waals surface area contributed by atoms with Gasteiger partial charge in [0.2, 0.25) is 0 Å². The number of hydrogen-bond donors (Lipinski definition) is 3. The standard InChI is InChI=1S/C6H6O5S.Na/c7-4-1-2-5(8)6(3-4)12(9,10)11;/h1-3,7-8H,(H,9,10,11);. The van der Waals surface area contributed by atoms with Crippen molar-refractivity contribution >= 4 is 39.7 Å². The molecule has 0 bridgehead atoms. The Labute approximate surface area is 97.1 Å². The van der Waals surface area contributed by atoms with Gasteiger partial charge < -0.3 is 10.2 Å². The van der Waals surface area contributed by atoms with E-state index >= 15 is 0 Å². The van der Waals surface area contributed by atoms with E-state index in [-0.39, 0.29) is 35.3 Å². The Bertz CT molecular complexity index is 399. The van der Waals surface area contributed by atoms with Gasteiger partial charge in [0.05, 0.1) is 0 Å². The molecule has 0 aliphatic carbocycles. The molecule has 0 aromatic heterocycles. The van der Waals surface area contributed by atoms with Gasteiger partial charge in [-0.1, -0.05) is 0 Å². The molecule has 0 amide bonds. The van der Waals surface area contributed by atoms with E-state index in [4.69, 9.17) is 14.8 Å². The van der Waals surface area contributed by atoms with Crippen LogP contribution in [0.5, 0.6) is 11.5 Å². The maximum absolute atomic E-state index is 10.5. The van der Waals surface area contributed by atoms with Crippen LogP contribution in [0.3, 0.4) is 0 Å². The maximum atomic E-state index is 10.5. The Morgan fingerprint density at radius 1 is 1.15 bits per heavy atom. The molecule has 0 saturated carbocycles. The van der Waals surface area contributed by atoms with E-state index in [0.717, 1.165) is 18.2 Å². The molecule has 13 heavy (non-hydrogen) atoms. The van der Waals surface area contributed by atoms with Gasteiger partial charge in [0.15, 0.2) is 0 Å². The van der Waals surface area contributed by atoms with Crippen molar-refractivity contribution < 1.29 is 23.2 Å². The molecule has 0 heterocycles. The SMILES string of the molecule is O=S(=O)(O)c1cc(O)ccc1O.[Na]. The first-order chi connectivity index (χ1) is 5.41. The van der Waals surface area contributed by atoms with Gasteiger partial charge in [-0.15, -0.1) is 0 Å². The van der Waals surface area contributed by atoms with Crippen LogP contribution in [0.4, 0.5) is 0 Å². The van der Waals surface area contributed by atoms with Gasteiger partial charge in [-0.2, -0.15) is 8.42 Å². The molecule has 1 aromatic carbocycles. The minimum atomic E-state index is -4.47. The van der Waals surface area contributed by atoms with E-state index in [2.05, 4.69) is 0 Å². The summed E-state index contributed by atoms with van der Waals surface area (Å²) in [4.78, 5) is -0.706. The molecule has 1 rings (SSSR count). The summed E-state index contributed by atoms with van der Waals surface area (Å²) in [6.07, 6.45) is 0. The zero-order valence-electron chi connectivity index (χ0n) is 6.80. The van der Waals surface area contributed by atoms with Gasteiger partial charge in [-0.3, -0.25) is 4.55 Å².